The standard InChI is InChI=1S/C24H33N5O/c1-17(2)29-14-22(25-16-29)21-13-27(12-20-6-4-5-18(3)26-20)15-24(21)9-10-28(23(24)30)11-19-7-8-19/h4-6,14,16-17,19,21H,7-13,15H2,1-3H3/t21-,24+/m0/s1. The molecule has 6 heteroatoms. The number of carbonyl (C=O) groups is 1. The molecule has 0 unspecified atom stereocenters. The predicted octanol–water partition coefficient (Wildman–Crippen LogP) is 3.40. The van der Waals surface area contributed by atoms with E-state index in [0.29, 0.717) is 11.9 Å². The van der Waals surface area contributed by atoms with Crippen LogP contribution in [0.5, 0.6) is 0 Å². The molecule has 1 aliphatic carbocycles. The number of nitrogens with zero attached hydrogens (tertiary/aromatic N) is 5. The topological polar surface area (TPSA) is 54.3 Å². The summed E-state index contributed by atoms with van der Waals surface area (Å²) in [4.78, 5) is 27.8. The van der Waals surface area contributed by atoms with E-state index in [1.807, 2.05) is 19.3 Å². The zero-order valence-electron chi connectivity index (χ0n) is 18.4. The van der Waals surface area contributed by atoms with Crippen molar-refractivity contribution in [3.05, 3.63) is 47.8 Å². The highest BCUT2D eigenvalue weighted by molar-refractivity contribution is 5.87. The lowest BCUT2D eigenvalue weighted by Gasteiger charge is -2.28. The summed E-state index contributed by atoms with van der Waals surface area (Å²) in [5, 5.41) is 0. The first-order valence-corrected chi connectivity index (χ1v) is 11.4. The maximum atomic E-state index is 13.7. The van der Waals surface area contributed by atoms with Gasteiger partial charge in [-0.1, -0.05) is 6.07 Å². The predicted molar refractivity (Wildman–Crippen MR) is 116 cm³/mol. The Kier molecular flexibility index (Phi) is 4.92. The molecule has 0 radical (unpaired) electrons. The highest BCUT2D eigenvalue weighted by Crippen LogP contribution is 2.50. The second-order valence-corrected chi connectivity index (χ2v) is 9.93. The Morgan fingerprint density at radius 1 is 1.27 bits per heavy atom. The van der Waals surface area contributed by atoms with Gasteiger partial charge in [0.2, 0.25) is 5.91 Å². The Bertz CT molecular complexity index is 933. The van der Waals surface area contributed by atoms with Crippen LogP contribution in [0.2, 0.25) is 0 Å². The number of carbonyl (C=O) groups excluding carboxylic acids is 1. The number of rotatable bonds is 6. The number of aromatic nitrogens is 3. The Morgan fingerprint density at radius 3 is 2.80 bits per heavy atom. The average Bonchev–Trinajstić information content (AvgIpc) is 3.13. The number of imidazole rings is 1. The maximum absolute atomic E-state index is 13.7. The monoisotopic (exact) mass is 407 g/mol. The molecular weight excluding hydrogens is 374 g/mol. The minimum atomic E-state index is -0.338. The molecule has 5 rings (SSSR count). The van der Waals surface area contributed by atoms with Crippen LogP contribution in [-0.2, 0) is 11.3 Å². The van der Waals surface area contributed by atoms with Crippen molar-refractivity contribution in [3.8, 4) is 0 Å². The summed E-state index contributed by atoms with van der Waals surface area (Å²) < 4.78 is 2.16. The first-order valence-electron chi connectivity index (χ1n) is 11.4. The first-order chi connectivity index (χ1) is 14.4. The molecule has 2 aromatic rings. The van der Waals surface area contributed by atoms with Crippen molar-refractivity contribution in [2.75, 3.05) is 26.2 Å². The largest absolute Gasteiger partial charge is 0.342 e. The van der Waals surface area contributed by atoms with Gasteiger partial charge in [0.1, 0.15) is 0 Å². The summed E-state index contributed by atoms with van der Waals surface area (Å²) in [5.74, 6) is 1.24. The fourth-order valence-corrected chi connectivity index (χ4v) is 5.35. The molecule has 0 aromatic carbocycles. The van der Waals surface area contributed by atoms with Crippen LogP contribution < -0.4 is 0 Å². The van der Waals surface area contributed by atoms with Crippen molar-refractivity contribution >= 4 is 5.91 Å². The van der Waals surface area contributed by atoms with E-state index in [1.54, 1.807) is 0 Å². The molecule has 3 fully saturated rings. The summed E-state index contributed by atoms with van der Waals surface area (Å²) >= 11 is 0. The van der Waals surface area contributed by atoms with Gasteiger partial charge in [-0.25, -0.2) is 4.98 Å². The third-order valence-corrected chi connectivity index (χ3v) is 7.24. The molecule has 30 heavy (non-hydrogen) atoms. The zero-order chi connectivity index (χ0) is 20.9. The molecule has 0 N–H and O–H groups in total. The van der Waals surface area contributed by atoms with Gasteiger partial charge in [0.05, 0.1) is 23.1 Å². The van der Waals surface area contributed by atoms with E-state index in [1.165, 1.54) is 12.8 Å². The number of pyridine rings is 1. The zero-order valence-corrected chi connectivity index (χ0v) is 18.4. The highest BCUT2D eigenvalue weighted by atomic mass is 16.2. The van der Waals surface area contributed by atoms with Crippen molar-refractivity contribution in [3.63, 3.8) is 0 Å². The van der Waals surface area contributed by atoms with E-state index < -0.39 is 0 Å². The normalized spacial score (nSPS) is 27.1. The van der Waals surface area contributed by atoms with Crippen molar-refractivity contribution in [1.82, 2.24) is 24.3 Å². The lowest BCUT2D eigenvalue weighted by molar-refractivity contribution is -0.136. The van der Waals surface area contributed by atoms with Gasteiger partial charge in [-0.15, -0.1) is 0 Å². The number of hydrogen-bond donors (Lipinski definition) is 0. The minimum absolute atomic E-state index is 0.152. The summed E-state index contributed by atoms with van der Waals surface area (Å²) in [5.41, 5.74) is 2.86. The number of aryl methyl sites for hydroxylation is 1. The Morgan fingerprint density at radius 2 is 2.10 bits per heavy atom. The molecule has 3 aliphatic rings. The van der Waals surface area contributed by atoms with Crippen molar-refractivity contribution in [1.29, 1.82) is 0 Å². The van der Waals surface area contributed by atoms with Crippen LogP contribution in [0.15, 0.2) is 30.7 Å². The van der Waals surface area contributed by atoms with E-state index in [0.717, 1.165) is 62.1 Å². The van der Waals surface area contributed by atoms with Gasteiger partial charge >= 0.3 is 0 Å². The van der Waals surface area contributed by atoms with Crippen LogP contribution in [0.1, 0.15) is 62.2 Å². The van der Waals surface area contributed by atoms with E-state index in [9.17, 15) is 4.79 Å². The summed E-state index contributed by atoms with van der Waals surface area (Å²) in [6.45, 7) is 10.7. The van der Waals surface area contributed by atoms with E-state index in [2.05, 4.69) is 46.5 Å². The van der Waals surface area contributed by atoms with Gasteiger partial charge in [0, 0.05) is 56.6 Å². The van der Waals surface area contributed by atoms with Crippen LogP contribution in [0.25, 0.3) is 0 Å². The number of hydrogen-bond acceptors (Lipinski definition) is 4. The summed E-state index contributed by atoms with van der Waals surface area (Å²) in [6.07, 6.45) is 7.60. The Labute approximate surface area is 179 Å². The first kappa shape index (κ1) is 19.7. The second-order valence-electron chi connectivity index (χ2n) is 9.93. The van der Waals surface area contributed by atoms with Gasteiger partial charge in [0.15, 0.2) is 0 Å². The van der Waals surface area contributed by atoms with Crippen LogP contribution in [0.4, 0.5) is 0 Å². The molecule has 1 amide bonds. The summed E-state index contributed by atoms with van der Waals surface area (Å²) in [6, 6.07) is 6.58. The maximum Gasteiger partial charge on any atom is 0.230 e. The van der Waals surface area contributed by atoms with Gasteiger partial charge in [0.25, 0.3) is 0 Å². The SMILES string of the molecule is Cc1cccc(CN2C[C@@H](c3cn(C(C)C)cn3)[C@@]3(CCN(CC4CC4)C3=O)C2)n1. The van der Waals surface area contributed by atoms with E-state index in [4.69, 9.17) is 9.97 Å². The highest BCUT2D eigenvalue weighted by Gasteiger charge is 2.58. The molecule has 2 aliphatic heterocycles. The smallest absolute Gasteiger partial charge is 0.230 e. The van der Waals surface area contributed by atoms with Crippen LogP contribution in [0, 0.1) is 18.3 Å². The Balaban J connectivity index is 1.43. The summed E-state index contributed by atoms with van der Waals surface area (Å²) in [7, 11) is 0. The third-order valence-electron chi connectivity index (χ3n) is 7.24. The molecule has 0 bridgehead atoms. The molecule has 1 saturated carbocycles. The molecule has 2 saturated heterocycles. The van der Waals surface area contributed by atoms with Crippen LogP contribution in [-0.4, -0.2) is 56.4 Å². The third kappa shape index (κ3) is 3.55. The molecular formula is C24H33N5O. The molecule has 4 heterocycles. The number of amides is 1. The van der Waals surface area contributed by atoms with Gasteiger partial charge in [-0.2, -0.15) is 0 Å². The van der Waals surface area contributed by atoms with E-state index in [-0.39, 0.29) is 11.3 Å². The molecule has 1 spiro atoms. The lowest BCUT2D eigenvalue weighted by Crippen LogP contribution is -2.40. The second kappa shape index (κ2) is 7.49. The van der Waals surface area contributed by atoms with Crippen LogP contribution in [0.3, 0.4) is 0 Å². The van der Waals surface area contributed by atoms with Gasteiger partial charge in [-0.05, 0) is 58.1 Å². The Hall–Kier alpha value is -2.21. The van der Waals surface area contributed by atoms with Crippen molar-refractivity contribution in [2.24, 2.45) is 11.3 Å². The fraction of sp³-hybridized carbons (Fsp3) is 0.625. The van der Waals surface area contributed by atoms with Crippen molar-refractivity contribution < 1.29 is 4.79 Å². The quantitative estimate of drug-likeness (QED) is 0.737. The molecule has 6 nitrogen and oxygen atoms in total. The van der Waals surface area contributed by atoms with Gasteiger partial charge in [-0.3, -0.25) is 14.7 Å². The van der Waals surface area contributed by atoms with Crippen LogP contribution >= 0.6 is 0 Å². The van der Waals surface area contributed by atoms with E-state index >= 15 is 0 Å². The molecule has 160 valence electrons. The van der Waals surface area contributed by atoms with Crippen molar-refractivity contribution in [2.45, 2.75) is 58.5 Å². The lowest BCUT2D eigenvalue weighted by atomic mass is 9.75. The molecule has 2 aromatic heterocycles. The van der Waals surface area contributed by atoms with Gasteiger partial charge < -0.3 is 9.47 Å². The average molecular weight is 408 g/mol. The minimum Gasteiger partial charge on any atom is -0.342 e. The molecule has 2 atom stereocenters. The number of likely N-dealkylation sites (tertiary alicyclic amines) is 2. The fourth-order valence-electron chi connectivity index (χ4n) is 5.35.